The first kappa shape index (κ1) is 31.8. The molecular weight excluding hydrogens is 580 g/mol. The van der Waals surface area contributed by atoms with Crippen molar-refractivity contribution in [2.24, 2.45) is 0 Å². The number of carbonyl (C=O) groups is 2. The van der Waals surface area contributed by atoms with Crippen LogP contribution in [0.2, 0.25) is 0 Å². The van der Waals surface area contributed by atoms with Crippen molar-refractivity contribution in [2.45, 2.75) is 56.8 Å². The lowest BCUT2D eigenvalue weighted by Crippen LogP contribution is -2.46. The Labute approximate surface area is 269 Å². The van der Waals surface area contributed by atoms with Crippen LogP contribution in [0.5, 0.6) is 0 Å². The lowest BCUT2D eigenvalue weighted by molar-refractivity contribution is -0.264. The molecule has 0 radical (unpaired) electrons. The lowest BCUT2D eigenvalue weighted by atomic mass is 9.83. The van der Waals surface area contributed by atoms with E-state index in [4.69, 9.17) is 9.47 Å². The highest BCUT2D eigenvalue weighted by Gasteiger charge is 2.43. The molecule has 4 aromatic carbocycles. The highest BCUT2D eigenvalue weighted by atomic mass is 16.7. The van der Waals surface area contributed by atoms with Crippen LogP contribution in [0.4, 0.5) is 5.69 Å². The first-order valence-electron chi connectivity index (χ1n) is 15.9. The van der Waals surface area contributed by atoms with Gasteiger partial charge in [-0.25, -0.2) is 0 Å². The zero-order valence-electron chi connectivity index (χ0n) is 25.9. The van der Waals surface area contributed by atoms with Crippen LogP contribution in [0.3, 0.4) is 0 Å². The predicted molar refractivity (Wildman–Crippen MR) is 176 cm³/mol. The van der Waals surface area contributed by atoms with E-state index in [1.807, 2.05) is 54.6 Å². The van der Waals surface area contributed by atoms with Gasteiger partial charge in [0.05, 0.1) is 25.4 Å². The van der Waals surface area contributed by atoms with Crippen molar-refractivity contribution >= 4 is 17.4 Å². The summed E-state index contributed by atoms with van der Waals surface area (Å²) in [5.74, 6) is -0.540. The van der Waals surface area contributed by atoms with Gasteiger partial charge in [0, 0.05) is 40.9 Å². The topological polar surface area (TPSA) is 108 Å². The molecule has 0 saturated carbocycles. The molecule has 2 aliphatic rings. The largest absolute Gasteiger partial charge is 0.395 e. The molecule has 5 atom stereocenters. The molecule has 8 heteroatoms. The second-order valence-corrected chi connectivity index (χ2v) is 12.1. The molecule has 2 aliphatic heterocycles. The van der Waals surface area contributed by atoms with E-state index in [1.165, 1.54) is 6.92 Å². The number of ketones is 1. The van der Waals surface area contributed by atoms with Crippen LogP contribution < -0.4 is 5.32 Å². The maximum atomic E-state index is 13.3. The van der Waals surface area contributed by atoms with Gasteiger partial charge in [0.25, 0.3) is 5.91 Å². The predicted octanol–water partition coefficient (Wildman–Crippen LogP) is 6.03. The third-order valence-corrected chi connectivity index (χ3v) is 9.04. The van der Waals surface area contributed by atoms with Crippen LogP contribution >= 0.6 is 0 Å². The number of benzene rings is 4. The van der Waals surface area contributed by atoms with Gasteiger partial charge in [-0.1, -0.05) is 78.9 Å². The van der Waals surface area contributed by atoms with Gasteiger partial charge in [0.15, 0.2) is 12.1 Å². The van der Waals surface area contributed by atoms with Crippen LogP contribution in [-0.4, -0.2) is 58.6 Å². The maximum Gasteiger partial charge on any atom is 0.255 e. The van der Waals surface area contributed by atoms with E-state index in [0.29, 0.717) is 28.9 Å². The second-order valence-electron chi connectivity index (χ2n) is 12.1. The molecule has 0 aromatic heterocycles. The molecular formula is C38H40N2O6. The molecule has 4 aromatic rings. The summed E-state index contributed by atoms with van der Waals surface area (Å²) in [6.45, 7) is 3.04. The summed E-state index contributed by atoms with van der Waals surface area (Å²) in [6, 6.07) is 32.2. The van der Waals surface area contributed by atoms with Crippen molar-refractivity contribution in [3.63, 3.8) is 0 Å². The molecule has 6 rings (SSSR count). The average molecular weight is 621 g/mol. The number of hydrogen-bond donors (Lipinski definition) is 3. The number of aliphatic hydroxyl groups excluding tert-OH is 2. The van der Waals surface area contributed by atoms with Gasteiger partial charge in [-0.15, -0.1) is 0 Å². The fourth-order valence-corrected chi connectivity index (χ4v) is 6.58. The third kappa shape index (κ3) is 7.12. The molecule has 238 valence electrons. The van der Waals surface area contributed by atoms with Crippen molar-refractivity contribution in [1.82, 2.24) is 4.90 Å². The molecule has 2 saturated heterocycles. The van der Waals surface area contributed by atoms with E-state index >= 15 is 0 Å². The fraction of sp³-hybridized carbons (Fsp3) is 0.316. The molecule has 2 fully saturated rings. The summed E-state index contributed by atoms with van der Waals surface area (Å²) in [5, 5.41) is 22.7. The summed E-state index contributed by atoms with van der Waals surface area (Å²) in [5.41, 5.74) is 5.06. The second kappa shape index (κ2) is 14.5. The normalized spacial score (nSPS) is 23.2. The molecule has 0 spiro atoms. The van der Waals surface area contributed by atoms with E-state index < -0.39 is 6.29 Å². The van der Waals surface area contributed by atoms with E-state index in [1.54, 1.807) is 36.4 Å². The Bertz CT molecular complexity index is 1640. The number of amides is 1. The SMILES string of the molecule is CC(=O)c1cccc(NC(=O)c2cccc(C3O[C@H](CN4CCC[C@H]4CO)[C@@H](c4ccccc4)[C@H](c4ccc(CO)cc4)O3)c2)c1. The summed E-state index contributed by atoms with van der Waals surface area (Å²) in [6.07, 6.45) is 0.518. The number of anilines is 1. The minimum absolute atomic E-state index is 0.0479. The zero-order chi connectivity index (χ0) is 32.0. The van der Waals surface area contributed by atoms with E-state index in [2.05, 4.69) is 22.3 Å². The number of likely N-dealkylation sites (tertiary alicyclic amines) is 1. The molecule has 46 heavy (non-hydrogen) atoms. The molecule has 3 N–H and O–H groups in total. The molecule has 1 amide bonds. The van der Waals surface area contributed by atoms with Gasteiger partial charge in [-0.05, 0) is 67.3 Å². The van der Waals surface area contributed by atoms with Gasteiger partial charge >= 0.3 is 0 Å². The van der Waals surface area contributed by atoms with Gasteiger partial charge in [-0.3, -0.25) is 14.5 Å². The Hall–Kier alpha value is -4.18. The van der Waals surface area contributed by atoms with Crippen molar-refractivity contribution in [3.8, 4) is 0 Å². The number of nitrogens with zero attached hydrogens (tertiary/aromatic N) is 1. The number of ether oxygens (including phenoxy) is 2. The van der Waals surface area contributed by atoms with Crippen molar-refractivity contribution in [3.05, 3.63) is 137 Å². The van der Waals surface area contributed by atoms with Crippen molar-refractivity contribution in [1.29, 1.82) is 0 Å². The molecule has 1 unspecified atom stereocenters. The van der Waals surface area contributed by atoms with Crippen LogP contribution in [0.15, 0.2) is 103 Å². The Balaban J connectivity index is 1.34. The average Bonchev–Trinajstić information content (AvgIpc) is 3.55. The van der Waals surface area contributed by atoms with Gasteiger partial charge in [-0.2, -0.15) is 0 Å². The minimum Gasteiger partial charge on any atom is -0.395 e. The number of nitrogens with one attached hydrogen (secondary N) is 1. The summed E-state index contributed by atoms with van der Waals surface area (Å²) < 4.78 is 13.7. The van der Waals surface area contributed by atoms with E-state index in [-0.39, 0.29) is 49.1 Å². The number of aliphatic hydroxyl groups is 2. The Morgan fingerprint density at radius 2 is 1.57 bits per heavy atom. The van der Waals surface area contributed by atoms with Gasteiger partial charge in [0.2, 0.25) is 0 Å². The summed E-state index contributed by atoms with van der Waals surface area (Å²) in [7, 11) is 0. The van der Waals surface area contributed by atoms with E-state index in [9.17, 15) is 19.8 Å². The van der Waals surface area contributed by atoms with Crippen LogP contribution in [0.25, 0.3) is 0 Å². The Kier molecular flexibility index (Phi) is 10.0. The third-order valence-electron chi connectivity index (χ3n) is 9.04. The summed E-state index contributed by atoms with van der Waals surface area (Å²) in [4.78, 5) is 27.5. The van der Waals surface area contributed by atoms with Crippen LogP contribution in [-0.2, 0) is 16.1 Å². The number of rotatable bonds is 10. The van der Waals surface area contributed by atoms with Crippen LogP contribution in [0, 0.1) is 0 Å². The van der Waals surface area contributed by atoms with Crippen molar-refractivity contribution < 1.29 is 29.3 Å². The molecule has 2 heterocycles. The van der Waals surface area contributed by atoms with Gasteiger partial charge < -0.3 is 25.0 Å². The molecule has 0 aliphatic carbocycles. The smallest absolute Gasteiger partial charge is 0.255 e. The Morgan fingerprint density at radius 1 is 0.826 bits per heavy atom. The van der Waals surface area contributed by atoms with Crippen molar-refractivity contribution in [2.75, 3.05) is 25.0 Å². The fourth-order valence-electron chi connectivity index (χ4n) is 6.58. The first-order valence-corrected chi connectivity index (χ1v) is 15.9. The van der Waals surface area contributed by atoms with Crippen LogP contribution in [0.1, 0.15) is 81.0 Å². The maximum absolute atomic E-state index is 13.3. The number of Topliss-reactive ketones (excluding diaryl/α,β-unsaturated/α-hetero) is 1. The minimum atomic E-state index is -0.767. The number of hydrogen-bond acceptors (Lipinski definition) is 7. The zero-order valence-corrected chi connectivity index (χ0v) is 25.9. The monoisotopic (exact) mass is 620 g/mol. The molecule has 8 nitrogen and oxygen atoms in total. The number of carbonyl (C=O) groups excluding carboxylic acids is 2. The highest BCUT2D eigenvalue weighted by molar-refractivity contribution is 6.05. The first-order chi connectivity index (χ1) is 22.4. The van der Waals surface area contributed by atoms with Gasteiger partial charge in [0.1, 0.15) is 0 Å². The quantitative estimate of drug-likeness (QED) is 0.186. The molecule has 0 bridgehead atoms. The lowest BCUT2D eigenvalue weighted by Gasteiger charge is -2.44. The highest BCUT2D eigenvalue weighted by Crippen LogP contribution is 2.47. The van der Waals surface area contributed by atoms with E-state index in [0.717, 1.165) is 36.1 Å². The Morgan fingerprint density at radius 3 is 2.30 bits per heavy atom. The standard InChI is InChI=1S/C38H40N2O6/c1-25(43)29-10-6-13-32(21-29)39-37(44)30-11-5-12-31(20-30)38-45-34(22-40-19-7-14-33(40)24-42)35(27-8-3-2-4-9-27)36(46-38)28-17-15-26(23-41)16-18-28/h2-6,8-13,15-18,20-21,33-36,38,41-42H,7,14,19,22-24H2,1H3,(H,39,44)/t33-,34+,35+,36-,38?/m0/s1. The summed E-state index contributed by atoms with van der Waals surface area (Å²) >= 11 is 0.